The van der Waals surface area contributed by atoms with Crippen LogP contribution in [0.5, 0.6) is 0 Å². The summed E-state index contributed by atoms with van der Waals surface area (Å²) in [5.74, 6) is 2.34. The van der Waals surface area contributed by atoms with E-state index in [1.807, 2.05) is 23.1 Å². The number of hydrogen-bond acceptors (Lipinski definition) is 3. The number of fused-ring (bicyclic) bond motifs is 1. The topological polar surface area (TPSA) is 20.2 Å². The van der Waals surface area contributed by atoms with Gasteiger partial charge in [-0.05, 0) is 54.3 Å². The highest BCUT2D eigenvalue weighted by Crippen LogP contribution is 2.35. The van der Waals surface area contributed by atoms with E-state index in [1.165, 1.54) is 39.3 Å². The maximum absolute atomic E-state index is 10.6. The quantitative estimate of drug-likeness (QED) is 0.905. The maximum atomic E-state index is 10.6. The van der Waals surface area contributed by atoms with Crippen molar-refractivity contribution in [3.05, 3.63) is 56.3 Å². The van der Waals surface area contributed by atoms with E-state index in [-0.39, 0.29) is 6.10 Å². The number of aliphatic hydroxyl groups is 1. The lowest BCUT2D eigenvalue weighted by Crippen LogP contribution is -2.03. The summed E-state index contributed by atoms with van der Waals surface area (Å²) in [7, 11) is 0. The van der Waals surface area contributed by atoms with Crippen LogP contribution in [0.1, 0.15) is 38.1 Å². The van der Waals surface area contributed by atoms with E-state index in [0.717, 1.165) is 17.1 Å². The van der Waals surface area contributed by atoms with Gasteiger partial charge in [0.2, 0.25) is 0 Å². The van der Waals surface area contributed by atoms with Crippen LogP contribution in [0.4, 0.5) is 0 Å². The molecule has 3 heteroatoms. The fourth-order valence-corrected chi connectivity index (χ4v) is 5.16. The summed E-state index contributed by atoms with van der Waals surface area (Å²) in [5.41, 5.74) is 5.30. The number of benzene rings is 1. The minimum atomic E-state index is -0.365. The predicted molar refractivity (Wildman–Crippen MR) is 88.8 cm³/mol. The molecule has 2 heterocycles. The van der Waals surface area contributed by atoms with Crippen LogP contribution in [-0.4, -0.2) is 10.9 Å². The molecule has 20 heavy (non-hydrogen) atoms. The van der Waals surface area contributed by atoms with Crippen LogP contribution >= 0.6 is 23.1 Å². The molecule has 1 aromatic carbocycles. The Kier molecular flexibility index (Phi) is 4.20. The second kappa shape index (κ2) is 5.92. The third-order valence-electron chi connectivity index (χ3n) is 4.02. The summed E-state index contributed by atoms with van der Waals surface area (Å²) >= 11 is 3.81. The summed E-state index contributed by atoms with van der Waals surface area (Å²) in [6.45, 7) is 4.26. The first kappa shape index (κ1) is 14.2. The lowest BCUT2D eigenvalue weighted by Gasteiger charge is -2.13. The fourth-order valence-electron chi connectivity index (χ4n) is 2.80. The molecular formula is C17H20OS2. The number of thioether (sulfide) groups is 1. The lowest BCUT2D eigenvalue weighted by atomic mass is 9.97. The zero-order chi connectivity index (χ0) is 14.1. The van der Waals surface area contributed by atoms with Gasteiger partial charge in [0, 0.05) is 21.9 Å². The second-order valence-corrected chi connectivity index (χ2v) is 7.76. The minimum Gasteiger partial charge on any atom is -0.387 e. The van der Waals surface area contributed by atoms with Crippen molar-refractivity contribution in [1.29, 1.82) is 0 Å². The van der Waals surface area contributed by atoms with Crippen LogP contribution in [-0.2, 0) is 18.6 Å². The Morgan fingerprint density at radius 1 is 1.25 bits per heavy atom. The van der Waals surface area contributed by atoms with E-state index in [4.69, 9.17) is 0 Å². The molecule has 106 valence electrons. The van der Waals surface area contributed by atoms with Gasteiger partial charge in [0.1, 0.15) is 0 Å². The molecule has 0 fully saturated rings. The van der Waals surface area contributed by atoms with Crippen molar-refractivity contribution in [2.75, 3.05) is 5.75 Å². The lowest BCUT2D eigenvalue weighted by molar-refractivity contribution is 0.182. The highest BCUT2D eigenvalue weighted by atomic mass is 32.2. The first-order valence-electron chi connectivity index (χ1n) is 7.07. The smallest absolute Gasteiger partial charge is 0.0922 e. The van der Waals surface area contributed by atoms with Crippen LogP contribution in [0, 0.1) is 13.8 Å². The molecule has 3 rings (SSSR count). The number of rotatable bonds is 3. The van der Waals surface area contributed by atoms with Gasteiger partial charge in [0.25, 0.3) is 0 Å². The van der Waals surface area contributed by atoms with Crippen LogP contribution in [0.15, 0.2) is 24.3 Å². The van der Waals surface area contributed by atoms with E-state index in [1.54, 1.807) is 0 Å². The molecule has 0 radical (unpaired) electrons. The normalized spacial score (nSPS) is 15.9. The van der Waals surface area contributed by atoms with Crippen molar-refractivity contribution >= 4 is 23.1 Å². The average Bonchev–Trinajstić information content (AvgIpc) is 2.87. The number of aliphatic hydroxyl groups excluding tert-OH is 1. The van der Waals surface area contributed by atoms with Crippen molar-refractivity contribution < 1.29 is 5.11 Å². The molecule has 1 N–H and O–H groups in total. The Labute approximate surface area is 129 Å². The van der Waals surface area contributed by atoms with E-state index < -0.39 is 0 Å². The predicted octanol–water partition coefficient (Wildman–Crippen LogP) is 4.43. The number of aryl methyl sites for hydroxylation is 3. The molecule has 0 saturated heterocycles. The third-order valence-corrected chi connectivity index (χ3v) is 6.36. The Hall–Kier alpha value is -0.770. The monoisotopic (exact) mass is 304 g/mol. The van der Waals surface area contributed by atoms with Gasteiger partial charge in [0.05, 0.1) is 6.10 Å². The molecule has 1 aromatic heterocycles. The van der Waals surface area contributed by atoms with Gasteiger partial charge in [0.15, 0.2) is 0 Å². The minimum absolute atomic E-state index is 0.365. The molecule has 1 atom stereocenters. The van der Waals surface area contributed by atoms with E-state index in [0.29, 0.717) is 0 Å². The summed E-state index contributed by atoms with van der Waals surface area (Å²) in [6.07, 6.45) is 1.53. The second-order valence-electron chi connectivity index (χ2n) is 5.49. The first-order chi connectivity index (χ1) is 9.65. The molecule has 0 saturated carbocycles. The summed E-state index contributed by atoms with van der Waals surface area (Å²) in [6, 6.07) is 8.57. The van der Waals surface area contributed by atoms with Gasteiger partial charge in [-0.25, -0.2) is 0 Å². The summed E-state index contributed by atoms with van der Waals surface area (Å²) < 4.78 is 0. The summed E-state index contributed by atoms with van der Waals surface area (Å²) in [4.78, 5) is 2.62. The van der Waals surface area contributed by atoms with Crippen molar-refractivity contribution in [3.8, 4) is 0 Å². The van der Waals surface area contributed by atoms with Crippen molar-refractivity contribution in [1.82, 2.24) is 0 Å². The van der Waals surface area contributed by atoms with Gasteiger partial charge in [-0.2, -0.15) is 11.8 Å². The molecule has 2 aromatic rings. The Morgan fingerprint density at radius 3 is 2.70 bits per heavy atom. The largest absolute Gasteiger partial charge is 0.387 e. The summed E-state index contributed by atoms with van der Waals surface area (Å²) in [5, 5.41) is 10.6. The van der Waals surface area contributed by atoms with Crippen LogP contribution in [0.3, 0.4) is 0 Å². The zero-order valence-electron chi connectivity index (χ0n) is 12.0. The molecule has 0 amide bonds. The maximum Gasteiger partial charge on any atom is 0.0922 e. The molecular weight excluding hydrogens is 284 g/mol. The van der Waals surface area contributed by atoms with E-state index in [9.17, 15) is 5.11 Å². The van der Waals surface area contributed by atoms with Gasteiger partial charge in [-0.3, -0.25) is 0 Å². The standard InChI is InChI=1S/C17H20OS2/c1-11-4-3-5-12(2)14(11)9-15(18)17-8-13-10-19-7-6-16(13)20-17/h3-5,8,15,18H,6-7,9-10H2,1-2H3. The number of thiophene rings is 1. The number of hydrogen-bond donors (Lipinski definition) is 1. The van der Waals surface area contributed by atoms with Crippen LogP contribution in [0.2, 0.25) is 0 Å². The van der Waals surface area contributed by atoms with E-state index in [2.05, 4.69) is 38.1 Å². The third kappa shape index (κ3) is 2.80. The van der Waals surface area contributed by atoms with Gasteiger partial charge in [-0.1, -0.05) is 18.2 Å². The van der Waals surface area contributed by atoms with E-state index >= 15 is 0 Å². The van der Waals surface area contributed by atoms with Crippen LogP contribution < -0.4 is 0 Å². The fraction of sp³-hybridized carbons (Fsp3) is 0.412. The molecule has 1 unspecified atom stereocenters. The van der Waals surface area contributed by atoms with Crippen molar-refractivity contribution in [3.63, 3.8) is 0 Å². The molecule has 1 aliphatic rings. The highest BCUT2D eigenvalue weighted by Gasteiger charge is 2.19. The Balaban J connectivity index is 1.82. The Morgan fingerprint density at radius 2 is 2.00 bits per heavy atom. The molecule has 0 bridgehead atoms. The highest BCUT2D eigenvalue weighted by molar-refractivity contribution is 7.98. The van der Waals surface area contributed by atoms with Gasteiger partial charge >= 0.3 is 0 Å². The van der Waals surface area contributed by atoms with Crippen LogP contribution in [0.25, 0.3) is 0 Å². The van der Waals surface area contributed by atoms with Crippen molar-refractivity contribution in [2.24, 2.45) is 0 Å². The first-order valence-corrected chi connectivity index (χ1v) is 9.04. The molecule has 1 nitrogen and oxygen atoms in total. The molecule has 0 spiro atoms. The van der Waals surface area contributed by atoms with Gasteiger partial charge in [-0.15, -0.1) is 11.3 Å². The van der Waals surface area contributed by atoms with Crippen molar-refractivity contribution in [2.45, 2.75) is 38.5 Å². The average molecular weight is 304 g/mol. The SMILES string of the molecule is Cc1cccc(C)c1CC(O)c1cc2c(s1)CCSC2. The Bertz CT molecular complexity index is 572. The molecule has 1 aliphatic heterocycles. The van der Waals surface area contributed by atoms with Gasteiger partial charge < -0.3 is 5.11 Å². The zero-order valence-corrected chi connectivity index (χ0v) is 13.6. The molecule has 0 aliphatic carbocycles.